The Morgan fingerprint density at radius 3 is 2.71 bits per heavy atom. The molecule has 1 saturated heterocycles. The van der Waals surface area contributed by atoms with E-state index in [1.54, 1.807) is 29.0 Å². The van der Waals surface area contributed by atoms with Crippen LogP contribution in [-0.2, 0) is 21.4 Å². The average Bonchev–Trinajstić information content (AvgIpc) is 3.29. The maximum absolute atomic E-state index is 14.0. The first-order chi connectivity index (χ1) is 14.7. The maximum atomic E-state index is 14.0. The predicted octanol–water partition coefficient (Wildman–Crippen LogP) is 4.27. The highest BCUT2D eigenvalue weighted by molar-refractivity contribution is 7.07. The molecular weight excluding hydrogens is 413 g/mol. The molecule has 0 radical (unpaired) electrons. The molecule has 1 fully saturated rings. The first-order valence-electron chi connectivity index (χ1n) is 11.0. The van der Waals surface area contributed by atoms with E-state index in [4.69, 9.17) is 4.74 Å². The lowest BCUT2D eigenvalue weighted by Crippen LogP contribution is -2.47. The van der Waals surface area contributed by atoms with Gasteiger partial charge in [-0.1, -0.05) is 0 Å². The van der Waals surface area contributed by atoms with Crippen molar-refractivity contribution in [3.63, 3.8) is 0 Å². The molecule has 5 nitrogen and oxygen atoms in total. The minimum atomic E-state index is -0.508. The van der Waals surface area contributed by atoms with Gasteiger partial charge in [-0.15, -0.1) is 11.3 Å². The molecule has 1 atom stereocenters. The van der Waals surface area contributed by atoms with Gasteiger partial charge in [0.15, 0.2) is 0 Å². The normalized spacial score (nSPS) is 19.5. The van der Waals surface area contributed by atoms with Gasteiger partial charge in [-0.25, -0.2) is 9.37 Å². The Hall–Kier alpha value is -1.99. The molecule has 7 heteroatoms. The van der Waals surface area contributed by atoms with Crippen molar-refractivity contribution >= 4 is 23.0 Å². The predicted molar refractivity (Wildman–Crippen MR) is 122 cm³/mol. The van der Waals surface area contributed by atoms with Crippen LogP contribution >= 0.6 is 11.3 Å². The Bertz CT molecular complexity index is 917. The zero-order chi connectivity index (χ0) is 22.2. The van der Waals surface area contributed by atoms with E-state index >= 15 is 0 Å². The summed E-state index contributed by atoms with van der Waals surface area (Å²) in [5.74, 6) is -0.565. The second-order valence-electron chi connectivity index (χ2n) is 10.0. The molecule has 1 aromatic carbocycles. The van der Waals surface area contributed by atoms with Gasteiger partial charge in [0.1, 0.15) is 11.4 Å². The fourth-order valence-electron chi connectivity index (χ4n) is 4.99. The molecule has 4 rings (SSSR count). The van der Waals surface area contributed by atoms with Crippen LogP contribution in [0.2, 0.25) is 0 Å². The Balaban J connectivity index is 1.45. The lowest BCUT2D eigenvalue weighted by molar-refractivity contribution is -0.160. The molecule has 31 heavy (non-hydrogen) atoms. The number of esters is 1. The lowest BCUT2D eigenvalue weighted by Gasteiger charge is -2.40. The highest BCUT2D eigenvalue weighted by Gasteiger charge is 2.44. The van der Waals surface area contributed by atoms with Crippen LogP contribution in [0, 0.1) is 11.7 Å². The number of fused-ring (bicyclic) bond motifs is 2. The summed E-state index contributed by atoms with van der Waals surface area (Å²) in [5, 5.41) is 2.00. The highest BCUT2D eigenvalue weighted by Crippen LogP contribution is 2.46. The van der Waals surface area contributed by atoms with Gasteiger partial charge in [0.05, 0.1) is 17.1 Å². The number of likely N-dealkylation sites (tertiary alicyclic amines) is 1. The van der Waals surface area contributed by atoms with E-state index in [0.717, 1.165) is 49.4 Å². The summed E-state index contributed by atoms with van der Waals surface area (Å²) in [6.45, 7) is 9.08. The Kier molecular flexibility index (Phi) is 6.10. The fraction of sp³-hybridized carbons (Fsp3) is 0.583. The van der Waals surface area contributed by atoms with Crippen molar-refractivity contribution in [2.24, 2.45) is 5.92 Å². The molecular formula is C24H32FN3O2S. The van der Waals surface area contributed by atoms with Gasteiger partial charge in [-0.2, -0.15) is 0 Å². The molecule has 2 aliphatic rings. The number of hydrogen-bond donors (Lipinski definition) is 0. The minimum absolute atomic E-state index is 0.000980. The average molecular weight is 446 g/mol. The molecule has 1 aromatic heterocycles. The summed E-state index contributed by atoms with van der Waals surface area (Å²) in [6.07, 6.45) is 2.52. The van der Waals surface area contributed by atoms with Crippen molar-refractivity contribution in [1.82, 2.24) is 9.88 Å². The summed E-state index contributed by atoms with van der Waals surface area (Å²) in [4.78, 5) is 21.9. The largest absolute Gasteiger partial charge is 0.460 e. The summed E-state index contributed by atoms with van der Waals surface area (Å²) in [7, 11) is 2.09. The highest BCUT2D eigenvalue weighted by atomic mass is 32.1. The third-order valence-corrected chi connectivity index (χ3v) is 7.09. The summed E-state index contributed by atoms with van der Waals surface area (Å²) in [5.41, 5.74) is 4.52. The molecule has 2 aliphatic heterocycles. The number of piperidine rings is 1. The van der Waals surface area contributed by atoms with Crippen LogP contribution in [-0.4, -0.2) is 54.7 Å². The number of hydrogen-bond acceptors (Lipinski definition) is 6. The number of nitrogens with zero attached hydrogens (tertiary/aromatic N) is 3. The Morgan fingerprint density at radius 2 is 2.06 bits per heavy atom. The van der Waals surface area contributed by atoms with Gasteiger partial charge >= 0.3 is 5.97 Å². The van der Waals surface area contributed by atoms with Crippen LogP contribution in [0.4, 0.5) is 10.1 Å². The lowest BCUT2D eigenvalue weighted by atomic mass is 9.74. The maximum Gasteiger partial charge on any atom is 0.311 e. The number of aromatic nitrogens is 1. The summed E-state index contributed by atoms with van der Waals surface area (Å²) < 4.78 is 19.7. The molecule has 0 N–H and O–H groups in total. The number of likely N-dealkylation sites (N-methyl/N-ethyl adjacent to an activating group) is 1. The quantitative estimate of drug-likeness (QED) is 0.644. The van der Waals surface area contributed by atoms with Gasteiger partial charge in [0.2, 0.25) is 0 Å². The van der Waals surface area contributed by atoms with Crippen molar-refractivity contribution in [3.05, 3.63) is 46.2 Å². The Morgan fingerprint density at radius 1 is 1.32 bits per heavy atom. The molecule has 168 valence electrons. The molecule has 2 aromatic rings. The fourth-order valence-corrected chi connectivity index (χ4v) is 5.56. The van der Waals surface area contributed by atoms with Crippen molar-refractivity contribution in [2.45, 2.75) is 51.0 Å². The van der Waals surface area contributed by atoms with E-state index in [9.17, 15) is 9.18 Å². The van der Waals surface area contributed by atoms with E-state index in [-0.39, 0.29) is 23.1 Å². The number of rotatable bonds is 5. The van der Waals surface area contributed by atoms with Gasteiger partial charge < -0.3 is 14.5 Å². The SMILES string of the molecule is CN1CC2(CCN(CC(Cc3cscn3)C(=O)OC(C)(C)C)CC2)c2cc(F)ccc21. The number of anilines is 1. The van der Waals surface area contributed by atoms with Crippen LogP contribution in [0.15, 0.2) is 29.1 Å². The van der Waals surface area contributed by atoms with Crippen LogP contribution in [0.3, 0.4) is 0 Å². The Labute approximate surface area is 188 Å². The number of carbonyl (C=O) groups is 1. The van der Waals surface area contributed by atoms with Crippen molar-refractivity contribution in [2.75, 3.05) is 38.1 Å². The van der Waals surface area contributed by atoms with E-state index in [0.29, 0.717) is 13.0 Å². The smallest absolute Gasteiger partial charge is 0.311 e. The molecule has 0 amide bonds. The standard InChI is InChI=1S/C24H32FN3O2S/c1-23(2,3)30-22(29)17(11-19-14-31-16-26-19)13-28-9-7-24(8-10-28)15-27(4)21-6-5-18(25)12-20(21)24/h5-6,12,14,16-17H,7-11,13,15H2,1-4H3. The third-order valence-electron chi connectivity index (χ3n) is 6.45. The van der Waals surface area contributed by atoms with Crippen LogP contribution < -0.4 is 4.90 Å². The number of thiazole rings is 1. The second-order valence-corrected chi connectivity index (χ2v) is 10.7. The van der Waals surface area contributed by atoms with Crippen LogP contribution in [0.5, 0.6) is 0 Å². The first-order valence-corrected chi connectivity index (χ1v) is 11.9. The minimum Gasteiger partial charge on any atom is -0.460 e. The summed E-state index contributed by atoms with van der Waals surface area (Å²) >= 11 is 1.55. The number of benzene rings is 1. The van der Waals surface area contributed by atoms with Gasteiger partial charge in [0.25, 0.3) is 0 Å². The zero-order valence-corrected chi connectivity index (χ0v) is 19.7. The number of ether oxygens (including phenoxy) is 1. The van der Waals surface area contributed by atoms with Crippen molar-refractivity contribution in [1.29, 1.82) is 0 Å². The van der Waals surface area contributed by atoms with Gasteiger partial charge in [-0.3, -0.25) is 4.79 Å². The van der Waals surface area contributed by atoms with Crippen molar-refractivity contribution < 1.29 is 13.9 Å². The van der Waals surface area contributed by atoms with Gasteiger partial charge in [0, 0.05) is 43.0 Å². The molecule has 3 heterocycles. The third kappa shape index (κ3) is 4.93. The second kappa shape index (κ2) is 8.51. The molecule has 0 saturated carbocycles. The topological polar surface area (TPSA) is 45.7 Å². The number of halogens is 1. The molecule has 0 bridgehead atoms. The van der Waals surface area contributed by atoms with E-state index in [2.05, 4.69) is 21.8 Å². The van der Waals surface area contributed by atoms with Crippen LogP contribution in [0.25, 0.3) is 0 Å². The monoisotopic (exact) mass is 445 g/mol. The molecule has 1 unspecified atom stereocenters. The zero-order valence-electron chi connectivity index (χ0n) is 18.9. The van der Waals surface area contributed by atoms with Crippen LogP contribution in [0.1, 0.15) is 44.9 Å². The molecule has 1 spiro atoms. The summed E-state index contributed by atoms with van der Waals surface area (Å²) in [6, 6.07) is 5.17. The van der Waals surface area contributed by atoms with E-state index in [1.807, 2.05) is 32.2 Å². The van der Waals surface area contributed by atoms with E-state index in [1.165, 1.54) is 0 Å². The van der Waals surface area contributed by atoms with Gasteiger partial charge in [-0.05, 0) is 70.5 Å². The molecule has 0 aliphatic carbocycles. The van der Waals surface area contributed by atoms with E-state index < -0.39 is 5.60 Å². The van der Waals surface area contributed by atoms with Crippen molar-refractivity contribution in [3.8, 4) is 0 Å². The number of carbonyl (C=O) groups excluding carboxylic acids is 1. The first kappa shape index (κ1) is 22.2.